The Morgan fingerprint density at radius 3 is 2.58 bits per heavy atom. The highest BCUT2D eigenvalue weighted by Crippen LogP contribution is 2.27. The second-order valence-corrected chi connectivity index (χ2v) is 6.87. The first-order valence-corrected chi connectivity index (χ1v) is 9.17. The summed E-state index contributed by atoms with van der Waals surface area (Å²) >= 11 is 0. The lowest BCUT2D eigenvalue weighted by Crippen LogP contribution is -2.40. The molecule has 1 aromatic heterocycles. The SMILES string of the molecule is O=C(C1CCOCC1)N1CCc2ncnc(-c3ccc(F)cc3)c2CC1. The standard InChI is InChI=1S/C20H22FN3O2/c21-16-3-1-14(2-4-16)19-17-5-9-24(10-6-18(17)22-13-23-19)20(25)15-7-11-26-12-8-15/h1-4,13,15H,5-12H2. The van der Waals surface area contributed by atoms with Crippen molar-refractivity contribution in [1.29, 1.82) is 0 Å². The molecule has 0 bridgehead atoms. The Morgan fingerprint density at radius 2 is 1.81 bits per heavy atom. The summed E-state index contributed by atoms with van der Waals surface area (Å²) in [6.45, 7) is 2.70. The lowest BCUT2D eigenvalue weighted by atomic mass is 9.98. The van der Waals surface area contributed by atoms with Gasteiger partial charge >= 0.3 is 0 Å². The molecule has 2 aliphatic rings. The van der Waals surface area contributed by atoms with E-state index in [9.17, 15) is 9.18 Å². The fourth-order valence-electron chi connectivity index (χ4n) is 3.81. The first-order valence-electron chi connectivity index (χ1n) is 9.17. The van der Waals surface area contributed by atoms with Crippen LogP contribution >= 0.6 is 0 Å². The maximum Gasteiger partial charge on any atom is 0.225 e. The van der Waals surface area contributed by atoms with E-state index in [0.29, 0.717) is 26.3 Å². The minimum absolute atomic E-state index is 0.0765. The van der Waals surface area contributed by atoms with Crippen molar-refractivity contribution in [2.45, 2.75) is 25.7 Å². The molecule has 1 amide bonds. The van der Waals surface area contributed by atoms with Crippen LogP contribution in [-0.2, 0) is 22.4 Å². The van der Waals surface area contributed by atoms with Crippen LogP contribution in [0.3, 0.4) is 0 Å². The second-order valence-electron chi connectivity index (χ2n) is 6.87. The number of carbonyl (C=O) groups excluding carboxylic acids is 1. The molecule has 0 aliphatic carbocycles. The van der Waals surface area contributed by atoms with Gasteiger partial charge in [-0.05, 0) is 43.5 Å². The van der Waals surface area contributed by atoms with Crippen molar-refractivity contribution in [2.24, 2.45) is 5.92 Å². The fourth-order valence-corrected chi connectivity index (χ4v) is 3.81. The molecule has 1 saturated heterocycles. The Balaban J connectivity index is 1.55. The van der Waals surface area contributed by atoms with Crippen LogP contribution in [0.4, 0.5) is 4.39 Å². The Hall–Kier alpha value is -2.34. The monoisotopic (exact) mass is 355 g/mol. The number of nitrogens with zero attached hydrogens (tertiary/aromatic N) is 3. The zero-order valence-electron chi connectivity index (χ0n) is 14.7. The molecule has 0 N–H and O–H groups in total. The first kappa shape index (κ1) is 17.1. The van der Waals surface area contributed by atoms with Gasteiger partial charge in [0.2, 0.25) is 5.91 Å². The number of hydrogen-bond donors (Lipinski definition) is 0. The summed E-state index contributed by atoms with van der Waals surface area (Å²) in [5, 5.41) is 0. The van der Waals surface area contributed by atoms with Gasteiger partial charge in [0.05, 0.1) is 5.69 Å². The summed E-state index contributed by atoms with van der Waals surface area (Å²) in [6, 6.07) is 6.38. The molecule has 2 aromatic rings. The average Bonchev–Trinajstić information content (AvgIpc) is 2.91. The van der Waals surface area contributed by atoms with Crippen LogP contribution in [0.15, 0.2) is 30.6 Å². The number of halogens is 1. The molecule has 2 aliphatic heterocycles. The number of hydrogen-bond acceptors (Lipinski definition) is 4. The van der Waals surface area contributed by atoms with E-state index in [0.717, 1.165) is 48.2 Å². The third-order valence-corrected chi connectivity index (χ3v) is 5.28. The van der Waals surface area contributed by atoms with Crippen molar-refractivity contribution >= 4 is 5.91 Å². The van der Waals surface area contributed by atoms with Gasteiger partial charge in [-0.25, -0.2) is 14.4 Å². The van der Waals surface area contributed by atoms with Gasteiger partial charge in [0.1, 0.15) is 12.1 Å². The lowest BCUT2D eigenvalue weighted by Gasteiger charge is -2.28. The van der Waals surface area contributed by atoms with Crippen molar-refractivity contribution < 1.29 is 13.9 Å². The fraction of sp³-hybridized carbons (Fsp3) is 0.450. The molecule has 0 atom stereocenters. The van der Waals surface area contributed by atoms with Crippen molar-refractivity contribution in [2.75, 3.05) is 26.3 Å². The Bertz CT molecular complexity index is 788. The van der Waals surface area contributed by atoms with E-state index >= 15 is 0 Å². The molecule has 0 unspecified atom stereocenters. The second kappa shape index (κ2) is 7.50. The van der Waals surface area contributed by atoms with E-state index in [2.05, 4.69) is 9.97 Å². The van der Waals surface area contributed by atoms with Gasteiger partial charge in [0, 0.05) is 55.5 Å². The van der Waals surface area contributed by atoms with Crippen molar-refractivity contribution in [3.63, 3.8) is 0 Å². The summed E-state index contributed by atoms with van der Waals surface area (Å²) in [7, 11) is 0. The molecular formula is C20H22FN3O2. The van der Waals surface area contributed by atoms with E-state index in [1.165, 1.54) is 12.1 Å². The number of ether oxygens (including phenoxy) is 1. The number of benzene rings is 1. The maximum atomic E-state index is 13.2. The van der Waals surface area contributed by atoms with Gasteiger partial charge in [-0.15, -0.1) is 0 Å². The average molecular weight is 355 g/mol. The normalized spacial score (nSPS) is 18.3. The minimum Gasteiger partial charge on any atom is -0.381 e. The first-order chi connectivity index (χ1) is 12.7. The molecule has 0 saturated carbocycles. The summed E-state index contributed by atoms with van der Waals surface area (Å²) in [4.78, 5) is 23.7. The quantitative estimate of drug-likeness (QED) is 0.831. The van der Waals surface area contributed by atoms with Gasteiger partial charge in [0.15, 0.2) is 0 Å². The molecule has 136 valence electrons. The van der Waals surface area contributed by atoms with Gasteiger partial charge in [-0.3, -0.25) is 4.79 Å². The Kier molecular flexibility index (Phi) is 4.93. The number of aromatic nitrogens is 2. The molecule has 4 rings (SSSR count). The summed E-state index contributed by atoms with van der Waals surface area (Å²) < 4.78 is 18.6. The molecule has 3 heterocycles. The smallest absolute Gasteiger partial charge is 0.225 e. The molecule has 1 fully saturated rings. The van der Waals surface area contributed by atoms with E-state index in [1.807, 2.05) is 4.90 Å². The lowest BCUT2D eigenvalue weighted by molar-refractivity contribution is -0.138. The highest BCUT2D eigenvalue weighted by molar-refractivity contribution is 5.79. The molecule has 5 nitrogen and oxygen atoms in total. The van der Waals surface area contributed by atoms with Crippen LogP contribution in [0.5, 0.6) is 0 Å². The Morgan fingerprint density at radius 1 is 1.08 bits per heavy atom. The predicted molar refractivity (Wildman–Crippen MR) is 95.0 cm³/mol. The molecule has 1 aromatic carbocycles. The van der Waals surface area contributed by atoms with Crippen LogP contribution in [0, 0.1) is 11.7 Å². The largest absolute Gasteiger partial charge is 0.381 e. The maximum absolute atomic E-state index is 13.2. The number of fused-ring (bicyclic) bond motifs is 1. The third-order valence-electron chi connectivity index (χ3n) is 5.28. The zero-order valence-corrected chi connectivity index (χ0v) is 14.7. The van der Waals surface area contributed by atoms with Crippen LogP contribution < -0.4 is 0 Å². The van der Waals surface area contributed by atoms with Crippen molar-refractivity contribution in [1.82, 2.24) is 14.9 Å². The Labute approximate surface area is 152 Å². The highest BCUT2D eigenvalue weighted by atomic mass is 19.1. The topological polar surface area (TPSA) is 55.3 Å². The van der Waals surface area contributed by atoms with E-state index in [-0.39, 0.29) is 17.6 Å². The van der Waals surface area contributed by atoms with Crippen LogP contribution in [0.2, 0.25) is 0 Å². The molecule has 6 heteroatoms. The minimum atomic E-state index is -0.262. The highest BCUT2D eigenvalue weighted by Gasteiger charge is 2.28. The number of rotatable bonds is 2. The third kappa shape index (κ3) is 3.46. The van der Waals surface area contributed by atoms with Crippen LogP contribution in [0.25, 0.3) is 11.3 Å². The predicted octanol–water partition coefficient (Wildman–Crippen LogP) is 2.64. The summed E-state index contributed by atoms with van der Waals surface area (Å²) in [5.74, 6) is 0.0483. The van der Waals surface area contributed by atoms with Gasteiger partial charge in [-0.2, -0.15) is 0 Å². The van der Waals surface area contributed by atoms with Crippen molar-refractivity contribution in [3.8, 4) is 11.3 Å². The molecule has 0 spiro atoms. The van der Waals surface area contributed by atoms with Crippen LogP contribution in [-0.4, -0.2) is 47.1 Å². The summed E-state index contributed by atoms with van der Waals surface area (Å²) in [6.07, 6.45) is 4.62. The van der Waals surface area contributed by atoms with E-state index in [4.69, 9.17) is 4.74 Å². The van der Waals surface area contributed by atoms with Crippen molar-refractivity contribution in [3.05, 3.63) is 47.7 Å². The van der Waals surface area contributed by atoms with Gasteiger partial charge in [0.25, 0.3) is 0 Å². The van der Waals surface area contributed by atoms with Crippen LogP contribution in [0.1, 0.15) is 24.1 Å². The van der Waals surface area contributed by atoms with Gasteiger partial charge in [-0.1, -0.05) is 0 Å². The molecule has 26 heavy (non-hydrogen) atoms. The zero-order chi connectivity index (χ0) is 17.9. The molecule has 0 radical (unpaired) electrons. The number of carbonyl (C=O) groups is 1. The number of amides is 1. The van der Waals surface area contributed by atoms with Gasteiger partial charge < -0.3 is 9.64 Å². The molecular weight excluding hydrogens is 333 g/mol. The van der Waals surface area contributed by atoms with E-state index < -0.39 is 0 Å². The van der Waals surface area contributed by atoms with E-state index in [1.54, 1.807) is 18.5 Å². The summed E-state index contributed by atoms with van der Waals surface area (Å²) in [5.41, 5.74) is 3.78.